The van der Waals surface area contributed by atoms with Crippen molar-refractivity contribution in [3.63, 3.8) is 0 Å². The Kier molecular flexibility index (Phi) is 3.28. The molecule has 0 radical (unpaired) electrons. The van der Waals surface area contributed by atoms with Crippen LogP contribution in [0.1, 0.15) is 44.0 Å². The SMILES string of the molecule is CC(C)(C)OC(=O)c1cccc(F)c1NC1CC1. The summed E-state index contributed by atoms with van der Waals surface area (Å²) < 4.78 is 19.0. The van der Waals surface area contributed by atoms with Gasteiger partial charge in [0.15, 0.2) is 0 Å². The van der Waals surface area contributed by atoms with E-state index in [0.29, 0.717) is 0 Å². The average Bonchev–Trinajstić information content (AvgIpc) is 3.02. The van der Waals surface area contributed by atoms with E-state index in [1.165, 1.54) is 12.1 Å². The van der Waals surface area contributed by atoms with E-state index in [4.69, 9.17) is 4.74 Å². The number of hydrogen-bond donors (Lipinski definition) is 1. The first-order valence-corrected chi connectivity index (χ1v) is 6.15. The van der Waals surface area contributed by atoms with Crippen LogP contribution >= 0.6 is 0 Å². The molecule has 0 aliphatic heterocycles. The Labute approximate surface area is 106 Å². The molecule has 1 saturated carbocycles. The molecule has 0 bridgehead atoms. The average molecular weight is 251 g/mol. The van der Waals surface area contributed by atoms with Crippen molar-refractivity contribution < 1.29 is 13.9 Å². The smallest absolute Gasteiger partial charge is 0.340 e. The Balaban J connectivity index is 2.25. The van der Waals surface area contributed by atoms with Gasteiger partial charge >= 0.3 is 5.97 Å². The minimum atomic E-state index is -0.583. The fraction of sp³-hybridized carbons (Fsp3) is 0.500. The molecule has 18 heavy (non-hydrogen) atoms. The molecule has 1 aliphatic carbocycles. The molecule has 1 aliphatic rings. The summed E-state index contributed by atoms with van der Waals surface area (Å²) in [4.78, 5) is 12.0. The van der Waals surface area contributed by atoms with Gasteiger partial charge in [0.05, 0.1) is 11.3 Å². The van der Waals surface area contributed by atoms with Gasteiger partial charge < -0.3 is 10.1 Å². The molecule has 0 saturated heterocycles. The van der Waals surface area contributed by atoms with E-state index in [-0.39, 0.29) is 17.3 Å². The fourth-order valence-corrected chi connectivity index (χ4v) is 1.61. The van der Waals surface area contributed by atoms with Crippen LogP contribution in [0, 0.1) is 5.82 Å². The zero-order valence-electron chi connectivity index (χ0n) is 10.9. The van der Waals surface area contributed by atoms with Crippen molar-refractivity contribution in [3.8, 4) is 0 Å². The number of nitrogens with one attached hydrogen (secondary N) is 1. The molecule has 1 aromatic carbocycles. The van der Waals surface area contributed by atoms with Gasteiger partial charge in [-0.3, -0.25) is 0 Å². The maximum Gasteiger partial charge on any atom is 0.340 e. The lowest BCUT2D eigenvalue weighted by Crippen LogP contribution is -2.25. The number of carbonyl (C=O) groups is 1. The molecule has 2 rings (SSSR count). The summed E-state index contributed by atoms with van der Waals surface area (Å²) in [5, 5.41) is 3.04. The molecule has 1 N–H and O–H groups in total. The van der Waals surface area contributed by atoms with Crippen molar-refractivity contribution in [3.05, 3.63) is 29.6 Å². The summed E-state index contributed by atoms with van der Waals surface area (Å²) in [6.07, 6.45) is 2.03. The van der Waals surface area contributed by atoms with Crippen LogP contribution in [-0.2, 0) is 4.74 Å². The second-order valence-electron chi connectivity index (χ2n) is 5.58. The van der Waals surface area contributed by atoms with Gasteiger partial charge in [-0.05, 0) is 45.7 Å². The maximum absolute atomic E-state index is 13.8. The summed E-state index contributed by atoms with van der Waals surface area (Å²) in [6.45, 7) is 5.37. The van der Waals surface area contributed by atoms with Crippen LogP contribution < -0.4 is 5.32 Å². The Morgan fingerprint density at radius 3 is 2.61 bits per heavy atom. The third-order valence-electron chi connectivity index (χ3n) is 2.56. The normalized spacial score (nSPS) is 15.3. The highest BCUT2D eigenvalue weighted by molar-refractivity contribution is 5.96. The van der Waals surface area contributed by atoms with E-state index in [9.17, 15) is 9.18 Å². The number of carbonyl (C=O) groups excluding carboxylic acids is 1. The predicted octanol–water partition coefficient (Wildman–Crippen LogP) is 3.36. The van der Waals surface area contributed by atoms with Crippen molar-refractivity contribution in [2.24, 2.45) is 0 Å². The van der Waals surface area contributed by atoms with E-state index in [0.717, 1.165) is 12.8 Å². The van der Waals surface area contributed by atoms with Gasteiger partial charge in [0.25, 0.3) is 0 Å². The zero-order valence-corrected chi connectivity index (χ0v) is 10.9. The molecular weight excluding hydrogens is 233 g/mol. The summed E-state index contributed by atoms with van der Waals surface area (Å²) in [7, 11) is 0. The standard InChI is InChI=1S/C14H18FNO2/c1-14(2,3)18-13(17)10-5-4-6-11(15)12(10)16-9-7-8-9/h4-6,9,16H,7-8H2,1-3H3. The van der Waals surface area contributed by atoms with Crippen LogP contribution in [0.15, 0.2) is 18.2 Å². The third-order valence-corrected chi connectivity index (χ3v) is 2.56. The number of ether oxygens (including phenoxy) is 1. The zero-order chi connectivity index (χ0) is 13.3. The number of halogens is 1. The van der Waals surface area contributed by atoms with E-state index in [2.05, 4.69) is 5.32 Å². The number of rotatable bonds is 3. The van der Waals surface area contributed by atoms with Crippen LogP contribution in [0.25, 0.3) is 0 Å². The predicted molar refractivity (Wildman–Crippen MR) is 68.2 cm³/mol. The molecule has 0 unspecified atom stereocenters. The number of hydrogen-bond acceptors (Lipinski definition) is 3. The number of anilines is 1. The van der Waals surface area contributed by atoms with E-state index in [1.807, 2.05) is 0 Å². The van der Waals surface area contributed by atoms with Crippen LogP contribution in [0.3, 0.4) is 0 Å². The van der Waals surface area contributed by atoms with Crippen molar-refractivity contribution in [1.29, 1.82) is 0 Å². The Morgan fingerprint density at radius 2 is 2.06 bits per heavy atom. The summed E-state index contributed by atoms with van der Waals surface area (Å²) in [5.74, 6) is -0.907. The van der Waals surface area contributed by atoms with Crippen LogP contribution in [0.2, 0.25) is 0 Å². The minimum absolute atomic E-state index is 0.259. The van der Waals surface area contributed by atoms with E-state index >= 15 is 0 Å². The van der Waals surface area contributed by atoms with Gasteiger partial charge in [0, 0.05) is 6.04 Å². The van der Waals surface area contributed by atoms with E-state index < -0.39 is 17.4 Å². The van der Waals surface area contributed by atoms with Gasteiger partial charge in [-0.1, -0.05) is 6.07 Å². The lowest BCUT2D eigenvalue weighted by Gasteiger charge is -2.21. The molecule has 0 atom stereocenters. The Morgan fingerprint density at radius 1 is 1.39 bits per heavy atom. The van der Waals surface area contributed by atoms with Gasteiger partial charge in [0.1, 0.15) is 11.4 Å². The van der Waals surface area contributed by atoms with Crippen LogP contribution in [0.5, 0.6) is 0 Å². The number of esters is 1. The first kappa shape index (κ1) is 12.9. The molecule has 0 amide bonds. The van der Waals surface area contributed by atoms with Crippen molar-refractivity contribution in [2.45, 2.75) is 45.3 Å². The second kappa shape index (κ2) is 4.59. The van der Waals surface area contributed by atoms with Crippen LogP contribution in [0.4, 0.5) is 10.1 Å². The fourth-order valence-electron chi connectivity index (χ4n) is 1.61. The molecule has 98 valence electrons. The molecule has 0 spiro atoms. The number of para-hydroxylation sites is 1. The minimum Gasteiger partial charge on any atom is -0.456 e. The Hall–Kier alpha value is -1.58. The lowest BCUT2D eigenvalue weighted by atomic mass is 10.1. The molecule has 0 heterocycles. The van der Waals surface area contributed by atoms with Crippen LogP contribution in [-0.4, -0.2) is 17.6 Å². The monoisotopic (exact) mass is 251 g/mol. The molecule has 3 nitrogen and oxygen atoms in total. The summed E-state index contributed by atoms with van der Waals surface area (Å²) >= 11 is 0. The van der Waals surface area contributed by atoms with E-state index in [1.54, 1.807) is 26.8 Å². The van der Waals surface area contributed by atoms with Gasteiger partial charge in [0.2, 0.25) is 0 Å². The summed E-state index contributed by atoms with van der Waals surface area (Å²) in [6, 6.07) is 4.73. The molecule has 1 fully saturated rings. The first-order chi connectivity index (χ1) is 8.37. The lowest BCUT2D eigenvalue weighted by molar-refractivity contribution is 0.00702. The molecule has 4 heteroatoms. The summed E-state index contributed by atoms with van der Waals surface area (Å²) in [5.41, 5.74) is -0.0636. The van der Waals surface area contributed by atoms with Gasteiger partial charge in [-0.15, -0.1) is 0 Å². The molecule has 1 aromatic rings. The molecular formula is C14H18FNO2. The van der Waals surface area contributed by atoms with Crippen molar-refractivity contribution in [2.75, 3.05) is 5.32 Å². The van der Waals surface area contributed by atoms with Crippen molar-refractivity contribution >= 4 is 11.7 Å². The topological polar surface area (TPSA) is 38.3 Å². The highest BCUT2D eigenvalue weighted by Crippen LogP contribution is 2.29. The highest BCUT2D eigenvalue weighted by atomic mass is 19.1. The molecule has 0 aromatic heterocycles. The van der Waals surface area contributed by atoms with Gasteiger partial charge in [-0.2, -0.15) is 0 Å². The second-order valence-corrected chi connectivity index (χ2v) is 5.58. The maximum atomic E-state index is 13.8. The first-order valence-electron chi connectivity index (χ1n) is 6.15. The third kappa shape index (κ3) is 3.22. The Bertz CT molecular complexity index is 461. The highest BCUT2D eigenvalue weighted by Gasteiger charge is 2.27. The van der Waals surface area contributed by atoms with Crippen molar-refractivity contribution in [1.82, 2.24) is 0 Å². The largest absolute Gasteiger partial charge is 0.456 e. The number of benzene rings is 1. The van der Waals surface area contributed by atoms with Gasteiger partial charge in [-0.25, -0.2) is 9.18 Å². The quantitative estimate of drug-likeness (QED) is 0.837.